The van der Waals surface area contributed by atoms with Crippen LogP contribution in [-0.4, -0.2) is 73.4 Å². The van der Waals surface area contributed by atoms with Crippen molar-refractivity contribution in [1.29, 1.82) is 0 Å². The van der Waals surface area contributed by atoms with E-state index in [2.05, 4.69) is 0 Å². The van der Waals surface area contributed by atoms with Gasteiger partial charge in [-0.15, -0.1) is 11.3 Å². The fourth-order valence-corrected chi connectivity index (χ4v) is 4.99. The Hall–Kier alpha value is -2.00. The summed E-state index contributed by atoms with van der Waals surface area (Å²) < 4.78 is 24.6. The third-order valence-corrected chi connectivity index (χ3v) is 6.68. The number of halogens is 1. The molecule has 176 valence electrons. The zero-order valence-electron chi connectivity index (χ0n) is 18.8. The molecule has 0 spiro atoms. The van der Waals surface area contributed by atoms with Crippen LogP contribution in [0.25, 0.3) is 0 Å². The van der Waals surface area contributed by atoms with Crippen molar-refractivity contribution in [2.45, 2.75) is 38.3 Å². The summed E-state index contributed by atoms with van der Waals surface area (Å²) in [5, 5.41) is 12.3. The maximum Gasteiger partial charge on any atom is 0.237 e. The smallest absolute Gasteiger partial charge is 0.237 e. The van der Waals surface area contributed by atoms with E-state index in [1.807, 2.05) is 28.2 Å². The van der Waals surface area contributed by atoms with Gasteiger partial charge in [0.15, 0.2) is 0 Å². The van der Waals surface area contributed by atoms with Crippen molar-refractivity contribution in [3.05, 3.63) is 52.0 Å². The normalized spacial score (nSPS) is 16.8. The molecule has 32 heavy (non-hydrogen) atoms. The molecule has 0 saturated carbocycles. The highest BCUT2D eigenvalue weighted by Crippen LogP contribution is 2.34. The molecule has 0 fully saturated rings. The van der Waals surface area contributed by atoms with Crippen molar-refractivity contribution in [3.63, 3.8) is 0 Å². The number of hydrogen-bond acceptors (Lipinski definition) is 6. The molecule has 0 saturated heterocycles. The molecule has 0 unspecified atom stereocenters. The Kier molecular flexibility index (Phi) is 9.47. The number of rotatable bonds is 12. The highest BCUT2D eigenvalue weighted by Gasteiger charge is 2.33. The molecule has 1 aromatic carbocycles. The van der Waals surface area contributed by atoms with Crippen molar-refractivity contribution in [3.8, 4) is 5.75 Å². The monoisotopic (exact) mass is 464 g/mol. The first-order chi connectivity index (χ1) is 15.5. The maximum atomic E-state index is 13.6. The van der Waals surface area contributed by atoms with Crippen molar-refractivity contribution >= 4 is 17.2 Å². The summed E-state index contributed by atoms with van der Waals surface area (Å²) in [6.45, 7) is 4.61. The number of fused-ring (bicyclic) bond motifs is 1. The molecule has 3 rings (SSSR count). The Morgan fingerprint density at radius 2 is 2.25 bits per heavy atom. The minimum atomic E-state index is -0.471. The Morgan fingerprint density at radius 1 is 1.41 bits per heavy atom. The van der Waals surface area contributed by atoms with E-state index in [-0.39, 0.29) is 30.9 Å². The van der Waals surface area contributed by atoms with E-state index in [1.54, 1.807) is 30.6 Å². The first-order valence-electron chi connectivity index (χ1n) is 11.1. The fourth-order valence-electron chi connectivity index (χ4n) is 4.07. The molecule has 0 aliphatic carbocycles. The van der Waals surface area contributed by atoms with Gasteiger partial charge in [-0.25, -0.2) is 4.39 Å². The summed E-state index contributed by atoms with van der Waals surface area (Å²) in [4.78, 5) is 18.4. The molecule has 2 heterocycles. The van der Waals surface area contributed by atoms with Crippen LogP contribution in [0, 0.1) is 5.82 Å². The second kappa shape index (κ2) is 12.3. The molecule has 6 nitrogen and oxygen atoms in total. The SMILES string of the molecule is CCC[C@H](O)CN(CCOC)CC(=O)N1CCc2sccc2[C@@H]1COc1cccc(F)c1. The lowest BCUT2D eigenvalue weighted by atomic mass is 10.0. The van der Waals surface area contributed by atoms with E-state index in [0.29, 0.717) is 38.4 Å². The van der Waals surface area contributed by atoms with Crippen LogP contribution in [-0.2, 0) is 16.0 Å². The van der Waals surface area contributed by atoms with Gasteiger partial charge in [-0.2, -0.15) is 0 Å². The number of aliphatic hydroxyl groups excluding tert-OH is 1. The number of nitrogens with zero attached hydrogens (tertiary/aromatic N) is 2. The molecule has 1 N–H and O–H groups in total. The van der Waals surface area contributed by atoms with Crippen LogP contribution in [0.2, 0.25) is 0 Å². The molecule has 1 amide bonds. The van der Waals surface area contributed by atoms with Gasteiger partial charge in [0.25, 0.3) is 0 Å². The quantitative estimate of drug-likeness (QED) is 0.521. The van der Waals surface area contributed by atoms with E-state index in [9.17, 15) is 14.3 Å². The van der Waals surface area contributed by atoms with Crippen LogP contribution < -0.4 is 4.74 Å². The zero-order chi connectivity index (χ0) is 22.9. The topological polar surface area (TPSA) is 62.2 Å². The molecule has 1 aliphatic rings. The zero-order valence-corrected chi connectivity index (χ0v) is 19.7. The molecule has 8 heteroatoms. The Morgan fingerprint density at radius 3 is 3.00 bits per heavy atom. The number of amides is 1. The van der Waals surface area contributed by atoms with Gasteiger partial charge in [0.2, 0.25) is 5.91 Å². The van der Waals surface area contributed by atoms with Gasteiger partial charge >= 0.3 is 0 Å². The van der Waals surface area contributed by atoms with Gasteiger partial charge in [0.1, 0.15) is 18.2 Å². The average Bonchev–Trinajstić information content (AvgIpc) is 3.25. The van der Waals surface area contributed by atoms with Gasteiger partial charge in [0.05, 0.1) is 25.3 Å². The third kappa shape index (κ3) is 6.75. The Balaban J connectivity index is 1.71. The number of benzene rings is 1. The van der Waals surface area contributed by atoms with Crippen LogP contribution in [0.1, 0.15) is 36.2 Å². The average molecular weight is 465 g/mol. The standard InChI is InChI=1S/C24H33FN2O4S/c1-3-5-19(28)15-26(11-12-30-2)16-24(29)27-10-8-23-21(9-13-32-23)22(27)17-31-20-7-4-6-18(25)14-20/h4,6-7,9,13-14,19,22,28H,3,5,8,10-12,15-17H2,1-2H3/t19-,22-/m0/s1. The maximum absolute atomic E-state index is 13.6. The summed E-state index contributed by atoms with van der Waals surface area (Å²) in [6, 6.07) is 7.87. The largest absolute Gasteiger partial charge is 0.491 e. The van der Waals surface area contributed by atoms with Crippen LogP contribution in [0.3, 0.4) is 0 Å². The van der Waals surface area contributed by atoms with Crippen molar-refractivity contribution in [1.82, 2.24) is 9.80 Å². The fraction of sp³-hybridized carbons (Fsp3) is 0.542. The van der Waals surface area contributed by atoms with E-state index in [4.69, 9.17) is 9.47 Å². The summed E-state index contributed by atoms with van der Waals surface area (Å²) in [5.74, 6) is 0.0911. The molecular weight excluding hydrogens is 431 g/mol. The van der Waals surface area contributed by atoms with Gasteiger partial charge in [-0.1, -0.05) is 19.4 Å². The molecule has 1 aromatic heterocycles. The second-order valence-electron chi connectivity index (χ2n) is 8.09. The van der Waals surface area contributed by atoms with E-state index < -0.39 is 6.10 Å². The van der Waals surface area contributed by atoms with Crippen LogP contribution in [0.5, 0.6) is 5.75 Å². The number of thiophene rings is 1. The molecule has 1 aliphatic heterocycles. The second-order valence-corrected chi connectivity index (χ2v) is 9.09. The lowest BCUT2D eigenvalue weighted by Crippen LogP contribution is -2.48. The third-order valence-electron chi connectivity index (χ3n) is 5.68. The predicted octanol–water partition coefficient (Wildman–Crippen LogP) is 3.50. The minimum absolute atomic E-state index is 0.00510. The lowest BCUT2D eigenvalue weighted by molar-refractivity contribution is -0.136. The molecule has 0 bridgehead atoms. The highest BCUT2D eigenvalue weighted by atomic mass is 32.1. The van der Waals surface area contributed by atoms with Crippen molar-refractivity contribution in [2.24, 2.45) is 0 Å². The van der Waals surface area contributed by atoms with Crippen molar-refractivity contribution < 1.29 is 23.8 Å². The first-order valence-corrected chi connectivity index (χ1v) is 12.0. The van der Waals surface area contributed by atoms with E-state index >= 15 is 0 Å². The predicted molar refractivity (Wildman–Crippen MR) is 124 cm³/mol. The first kappa shape index (κ1) is 24.6. The summed E-state index contributed by atoms with van der Waals surface area (Å²) in [7, 11) is 1.63. The molecular formula is C24H33FN2O4S. The van der Waals surface area contributed by atoms with Gasteiger partial charge in [-0.05, 0) is 42.0 Å². The number of aliphatic hydroxyl groups is 1. The van der Waals surface area contributed by atoms with Crippen LogP contribution in [0.4, 0.5) is 4.39 Å². The number of carbonyl (C=O) groups is 1. The number of ether oxygens (including phenoxy) is 2. The summed E-state index contributed by atoms with van der Waals surface area (Å²) >= 11 is 1.69. The van der Waals surface area contributed by atoms with Gasteiger partial charge < -0.3 is 19.5 Å². The Bertz CT molecular complexity index is 862. The van der Waals surface area contributed by atoms with E-state index in [0.717, 1.165) is 18.4 Å². The number of hydrogen-bond donors (Lipinski definition) is 1. The van der Waals surface area contributed by atoms with Gasteiger partial charge in [-0.3, -0.25) is 9.69 Å². The van der Waals surface area contributed by atoms with Crippen molar-refractivity contribution in [2.75, 3.05) is 46.5 Å². The lowest BCUT2D eigenvalue weighted by Gasteiger charge is -2.37. The summed E-state index contributed by atoms with van der Waals surface area (Å²) in [6.07, 6.45) is 1.93. The highest BCUT2D eigenvalue weighted by molar-refractivity contribution is 7.10. The number of methoxy groups -OCH3 is 1. The van der Waals surface area contributed by atoms with Crippen LogP contribution >= 0.6 is 11.3 Å². The molecule has 2 aromatic rings. The van der Waals surface area contributed by atoms with E-state index in [1.165, 1.54) is 17.0 Å². The Labute approximate surface area is 193 Å². The number of carbonyl (C=O) groups excluding carboxylic acids is 1. The van der Waals surface area contributed by atoms with Gasteiger partial charge in [0, 0.05) is 37.7 Å². The molecule has 2 atom stereocenters. The molecule has 0 radical (unpaired) electrons. The summed E-state index contributed by atoms with van der Waals surface area (Å²) in [5.41, 5.74) is 1.10. The van der Waals surface area contributed by atoms with Crippen LogP contribution in [0.15, 0.2) is 35.7 Å². The minimum Gasteiger partial charge on any atom is -0.491 e.